The summed E-state index contributed by atoms with van der Waals surface area (Å²) in [6, 6.07) is 10.8. The third kappa shape index (κ3) is 5.42. The van der Waals surface area contributed by atoms with Gasteiger partial charge >= 0.3 is 5.97 Å². The number of aromatic nitrogens is 2. The van der Waals surface area contributed by atoms with E-state index in [1.54, 1.807) is 24.3 Å². The fourth-order valence-electron chi connectivity index (χ4n) is 3.15. The lowest BCUT2D eigenvalue weighted by Gasteiger charge is -2.18. The average molecular weight is 515 g/mol. The summed E-state index contributed by atoms with van der Waals surface area (Å²) < 4.78 is 7.76. The number of carboxylic acids is 1. The molecule has 0 radical (unpaired) electrons. The Balaban J connectivity index is 2.15. The SMILES string of the molecule is CC[C@H](C)c1nc2ccc(Br)cc2c(=O)n1N=Cc1ccc(N(C)C)cc1O[C@@H](C)C(=O)O. The number of hydrogen-bond acceptors (Lipinski definition) is 6. The van der Waals surface area contributed by atoms with Crippen LogP contribution in [0.2, 0.25) is 0 Å². The molecule has 8 nitrogen and oxygen atoms in total. The first-order chi connectivity index (χ1) is 15.6. The van der Waals surface area contributed by atoms with Gasteiger partial charge in [0.05, 0.1) is 17.1 Å². The highest BCUT2D eigenvalue weighted by atomic mass is 79.9. The number of carboxylic acid groups (broad SMARTS) is 1. The molecule has 0 unspecified atom stereocenters. The van der Waals surface area contributed by atoms with E-state index in [1.807, 2.05) is 45.0 Å². The van der Waals surface area contributed by atoms with Gasteiger partial charge in [-0.2, -0.15) is 9.78 Å². The number of nitrogens with zero attached hydrogens (tertiary/aromatic N) is 4. The van der Waals surface area contributed by atoms with Gasteiger partial charge in [0.25, 0.3) is 5.56 Å². The minimum atomic E-state index is -1.08. The van der Waals surface area contributed by atoms with Gasteiger partial charge in [-0.05, 0) is 43.7 Å². The van der Waals surface area contributed by atoms with E-state index in [4.69, 9.17) is 9.72 Å². The molecule has 2 aromatic carbocycles. The van der Waals surface area contributed by atoms with Gasteiger partial charge in [0.1, 0.15) is 11.6 Å². The molecule has 0 amide bonds. The normalized spacial score (nSPS) is 13.3. The van der Waals surface area contributed by atoms with Crippen molar-refractivity contribution < 1.29 is 14.6 Å². The summed E-state index contributed by atoms with van der Waals surface area (Å²) in [5, 5.41) is 14.2. The number of halogens is 1. The van der Waals surface area contributed by atoms with E-state index in [0.29, 0.717) is 28.0 Å². The average Bonchev–Trinajstić information content (AvgIpc) is 2.78. The maximum atomic E-state index is 13.3. The smallest absolute Gasteiger partial charge is 0.344 e. The molecular weight excluding hydrogens is 488 g/mol. The molecule has 3 rings (SSSR count). The first kappa shape index (κ1) is 24.4. The summed E-state index contributed by atoms with van der Waals surface area (Å²) in [4.78, 5) is 31.2. The summed E-state index contributed by atoms with van der Waals surface area (Å²) in [7, 11) is 3.76. The van der Waals surface area contributed by atoms with Crippen LogP contribution in [0.1, 0.15) is 44.5 Å². The van der Waals surface area contributed by atoms with Crippen LogP contribution in [0.15, 0.2) is 50.8 Å². The third-order valence-corrected chi connectivity index (χ3v) is 5.86. The van der Waals surface area contributed by atoms with Gasteiger partial charge in [-0.15, -0.1) is 0 Å². The van der Waals surface area contributed by atoms with Crippen LogP contribution in [0.3, 0.4) is 0 Å². The molecule has 0 aliphatic heterocycles. The summed E-state index contributed by atoms with van der Waals surface area (Å²) in [5.74, 6) is -0.163. The minimum Gasteiger partial charge on any atom is -0.479 e. The molecule has 174 valence electrons. The molecular formula is C24H27BrN4O4. The molecule has 1 N–H and O–H groups in total. The van der Waals surface area contributed by atoms with E-state index >= 15 is 0 Å². The van der Waals surface area contributed by atoms with E-state index in [2.05, 4.69) is 21.0 Å². The van der Waals surface area contributed by atoms with E-state index in [-0.39, 0.29) is 11.5 Å². The fourth-order valence-corrected chi connectivity index (χ4v) is 3.51. The van der Waals surface area contributed by atoms with Crippen LogP contribution in [0.4, 0.5) is 5.69 Å². The number of rotatable bonds is 8. The van der Waals surface area contributed by atoms with Crippen molar-refractivity contribution in [3.05, 3.63) is 62.6 Å². The van der Waals surface area contributed by atoms with Gasteiger partial charge < -0.3 is 14.7 Å². The summed E-state index contributed by atoms with van der Waals surface area (Å²) >= 11 is 3.41. The van der Waals surface area contributed by atoms with Crippen LogP contribution < -0.4 is 15.2 Å². The largest absolute Gasteiger partial charge is 0.479 e. The molecule has 0 aliphatic carbocycles. The van der Waals surface area contributed by atoms with E-state index in [1.165, 1.54) is 17.8 Å². The lowest BCUT2D eigenvalue weighted by Crippen LogP contribution is -2.24. The quantitative estimate of drug-likeness (QED) is 0.445. The second kappa shape index (κ2) is 10.2. The van der Waals surface area contributed by atoms with Gasteiger partial charge in [0, 0.05) is 41.8 Å². The fraction of sp³-hybridized carbons (Fsp3) is 0.333. The van der Waals surface area contributed by atoms with Crippen LogP contribution in [0.5, 0.6) is 5.75 Å². The van der Waals surface area contributed by atoms with Crippen molar-refractivity contribution in [2.24, 2.45) is 5.10 Å². The number of fused-ring (bicyclic) bond motifs is 1. The molecule has 0 spiro atoms. The Morgan fingerprint density at radius 1 is 1.27 bits per heavy atom. The van der Waals surface area contributed by atoms with Crippen molar-refractivity contribution in [1.82, 2.24) is 9.66 Å². The maximum absolute atomic E-state index is 13.3. The minimum absolute atomic E-state index is 0.00164. The Kier molecular flexibility index (Phi) is 7.53. The van der Waals surface area contributed by atoms with Gasteiger partial charge in [0.15, 0.2) is 6.10 Å². The molecule has 9 heteroatoms. The van der Waals surface area contributed by atoms with Crippen molar-refractivity contribution >= 4 is 44.7 Å². The predicted molar refractivity (Wildman–Crippen MR) is 134 cm³/mol. The first-order valence-electron chi connectivity index (χ1n) is 10.6. The molecule has 33 heavy (non-hydrogen) atoms. The second-order valence-electron chi connectivity index (χ2n) is 8.02. The zero-order valence-electron chi connectivity index (χ0n) is 19.2. The highest BCUT2D eigenvalue weighted by Crippen LogP contribution is 2.26. The summed E-state index contributed by atoms with van der Waals surface area (Å²) in [6.45, 7) is 5.48. The number of benzene rings is 2. The number of hydrogen-bond donors (Lipinski definition) is 1. The molecule has 0 saturated carbocycles. The topological polar surface area (TPSA) is 97.0 Å². The van der Waals surface area contributed by atoms with Gasteiger partial charge in [0.2, 0.25) is 0 Å². The van der Waals surface area contributed by atoms with E-state index in [9.17, 15) is 14.7 Å². The highest BCUT2D eigenvalue weighted by molar-refractivity contribution is 9.10. The third-order valence-electron chi connectivity index (χ3n) is 5.36. The van der Waals surface area contributed by atoms with Crippen molar-refractivity contribution in [3.8, 4) is 5.75 Å². The molecule has 1 heterocycles. The standard InChI is InChI=1S/C24H27BrN4O4/c1-6-14(2)22-27-20-10-8-17(25)11-19(20)23(30)29(22)26-13-16-7-9-18(28(4)5)12-21(16)33-15(3)24(31)32/h7-15H,6H2,1-5H3,(H,31,32)/t14-,15-/m0/s1. The van der Waals surface area contributed by atoms with E-state index < -0.39 is 12.1 Å². The Morgan fingerprint density at radius 3 is 2.64 bits per heavy atom. The van der Waals surface area contributed by atoms with Crippen molar-refractivity contribution in [2.75, 3.05) is 19.0 Å². The van der Waals surface area contributed by atoms with Crippen molar-refractivity contribution in [2.45, 2.75) is 39.2 Å². The second-order valence-corrected chi connectivity index (χ2v) is 8.93. The first-order valence-corrected chi connectivity index (χ1v) is 11.4. The number of carbonyl (C=O) groups is 1. The van der Waals surface area contributed by atoms with Crippen LogP contribution in [-0.4, -0.2) is 47.1 Å². The number of ether oxygens (including phenoxy) is 1. The molecule has 0 bridgehead atoms. The molecule has 2 atom stereocenters. The Morgan fingerprint density at radius 2 is 2.00 bits per heavy atom. The zero-order chi connectivity index (χ0) is 24.3. The molecule has 0 aliphatic rings. The predicted octanol–water partition coefficient (Wildman–Crippen LogP) is 4.47. The highest BCUT2D eigenvalue weighted by Gasteiger charge is 2.17. The Hall–Kier alpha value is -3.20. The van der Waals surface area contributed by atoms with Gasteiger partial charge in [-0.25, -0.2) is 9.78 Å². The number of anilines is 1. The van der Waals surface area contributed by atoms with Gasteiger partial charge in [-0.1, -0.05) is 29.8 Å². The van der Waals surface area contributed by atoms with Gasteiger partial charge in [-0.3, -0.25) is 4.79 Å². The lowest BCUT2D eigenvalue weighted by molar-refractivity contribution is -0.144. The van der Waals surface area contributed by atoms with Crippen LogP contribution in [0.25, 0.3) is 10.9 Å². The van der Waals surface area contributed by atoms with Crippen LogP contribution in [-0.2, 0) is 4.79 Å². The van der Waals surface area contributed by atoms with Crippen molar-refractivity contribution in [1.29, 1.82) is 0 Å². The van der Waals surface area contributed by atoms with E-state index in [0.717, 1.165) is 16.6 Å². The molecule has 0 fully saturated rings. The van der Waals surface area contributed by atoms with Crippen molar-refractivity contribution in [3.63, 3.8) is 0 Å². The van der Waals surface area contributed by atoms with Crippen LogP contribution in [0, 0.1) is 0 Å². The monoisotopic (exact) mass is 514 g/mol. The summed E-state index contributed by atoms with van der Waals surface area (Å²) in [6.07, 6.45) is 1.24. The maximum Gasteiger partial charge on any atom is 0.344 e. The number of aliphatic carboxylic acids is 1. The molecule has 0 saturated heterocycles. The van der Waals surface area contributed by atoms with Crippen LogP contribution >= 0.6 is 15.9 Å². The molecule has 3 aromatic rings. The Bertz CT molecular complexity index is 1270. The molecule has 1 aromatic heterocycles. The Labute approximate surface area is 200 Å². The summed E-state index contributed by atoms with van der Waals surface area (Å²) in [5.41, 5.74) is 1.72. The zero-order valence-corrected chi connectivity index (χ0v) is 20.8. The lowest BCUT2D eigenvalue weighted by atomic mass is 10.1.